The Labute approximate surface area is 99.1 Å². The van der Waals surface area contributed by atoms with Crippen LogP contribution in [-0.4, -0.2) is 22.7 Å². The van der Waals surface area contributed by atoms with Crippen LogP contribution in [0.15, 0.2) is 22.8 Å². The van der Waals surface area contributed by atoms with Gasteiger partial charge < -0.3 is 10.4 Å². The van der Waals surface area contributed by atoms with Crippen LogP contribution in [0.2, 0.25) is 0 Å². The van der Waals surface area contributed by atoms with Crippen LogP contribution >= 0.6 is 15.9 Å². The van der Waals surface area contributed by atoms with Gasteiger partial charge in [-0.2, -0.15) is 0 Å². The second-order valence-electron chi connectivity index (χ2n) is 3.80. The van der Waals surface area contributed by atoms with E-state index in [4.69, 9.17) is 5.11 Å². The standard InChI is InChI=1S/C11H17BrN2O/c1-8(7-15)9(2)13-6-11-4-3-10(12)5-14-11/h3-5,8-9,13,15H,6-7H2,1-2H3. The first-order valence-corrected chi connectivity index (χ1v) is 5.87. The minimum Gasteiger partial charge on any atom is -0.396 e. The Morgan fingerprint density at radius 3 is 2.73 bits per heavy atom. The molecule has 0 aliphatic heterocycles. The molecule has 1 rings (SSSR count). The molecule has 15 heavy (non-hydrogen) atoms. The maximum atomic E-state index is 8.98. The number of aromatic nitrogens is 1. The zero-order valence-electron chi connectivity index (χ0n) is 9.07. The second-order valence-corrected chi connectivity index (χ2v) is 4.71. The van der Waals surface area contributed by atoms with Crippen LogP contribution in [0, 0.1) is 5.92 Å². The summed E-state index contributed by atoms with van der Waals surface area (Å²) in [6.07, 6.45) is 1.79. The molecule has 0 aliphatic rings. The van der Waals surface area contributed by atoms with E-state index in [0.29, 0.717) is 6.04 Å². The number of pyridine rings is 1. The highest BCUT2D eigenvalue weighted by Gasteiger charge is 2.09. The summed E-state index contributed by atoms with van der Waals surface area (Å²) in [6, 6.07) is 4.25. The third-order valence-corrected chi connectivity index (χ3v) is 3.00. The van der Waals surface area contributed by atoms with Gasteiger partial charge in [0.15, 0.2) is 0 Å². The molecule has 0 spiro atoms. The first-order valence-electron chi connectivity index (χ1n) is 5.08. The fourth-order valence-corrected chi connectivity index (χ4v) is 1.37. The molecule has 2 unspecified atom stereocenters. The van der Waals surface area contributed by atoms with Crippen molar-refractivity contribution in [3.05, 3.63) is 28.5 Å². The maximum absolute atomic E-state index is 8.98. The van der Waals surface area contributed by atoms with E-state index in [-0.39, 0.29) is 12.5 Å². The van der Waals surface area contributed by atoms with E-state index in [9.17, 15) is 0 Å². The Bertz CT molecular complexity index is 289. The fourth-order valence-electron chi connectivity index (χ4n) is 1.14. The maximum Gasteiger partial charge on any atom is 0.0542 e. The molecule has 2 atom stereocenters. The topological polar surface area (TPSA) is 45.1 Å². The normalized spacial score (nSPS) is 14.9. The number of nitrogens with one attached hydrogen (secondary N) is 1. The van der Waals surface area contributed by atoms with Crippen molar-refractivity contribution in [3.8, 4) is 0 Å². The highest BCUT2D eigenvalue weighted by molar-refractivity contribution is 9.10. The molecule has 0 saturated carbocycles. The van der Waals surface area contributed by atoms with Gasteiger partial charge in [-0.25, -0.2) is 0 Å². The van der Waals surface area contributed by atoms with Crippen molar-refractivity contribution < 1.29 is 5.11 Å². The smallest absolute Gasteiger partial charge is 0.0542 e. The Morgan fingerprint density at radius 2 is 2.20 bits per heavy atom. The summed E-state index contributed by atoms with van der Waals surface area (Å²) in [5.74, 6) is 0.264. The predicted octanol–water partition coefficient (Wildman–Crippen LogP) is 1.95. The van der Waals surface area contributed by atoms with Crippen molar-refractivity contribution in [2.75, 3.05) is 6.61 Å². The molecule has 1 heterocycles. The third-order valence-electron chi connectivity index (χ3n) is 2.54. The van der Waals surface area contributed by atoms with Gasteiger partial charge in [0.1, 0.15) is 0 Å². The Kier molecular flexibility index (Phi) is 5.22. The minimum atomic E-state index is 0.210. The zero-order valence-corrected chi connectivity index (χ0v) is 10.7. The molecule has 0 saturated heterocycles. The van der Waals surface area contributed by atoms with E-state index in [1.165, 1.54) is 0 Å². The summed E-state index contributed by atoms with van der Waals surface area (Å²) in [5.41, 5.74) is 1.01. The van der Waals surface area contributed by atoms with E-state index in [2.05, 4.69) is 33.2 Å². The molecular weight excluding hydrogens is 256 g/mol. The summed E-state index contributed by atoms with van der Waals surface area (Å²) < 4.78 is 0.989. The molecule has 0 radical (unpaired) electrons. The van der Waals surface area contributed by atoms with E-state index >= 15 is 0 Å². The van der Waals surface area contributed by atoms with Crippen LogP contribution in [0.25, 0.3) is 0 Å². The lowest BCUT2D eigenvalue weighted by Crippen LogP contribution is -2.33. The van der Waals surface area contributed by atoms with Crippen molar-refractivity contribution >= 4 is 15.9 Å². The van der Waals surface area contributed by atoms with Gasteiger partial charge in [-0.1, -0.05) is 6.92 Å². The SMILES string of the molecule is CC(CO)C(C)NCc1ccc(Br)cn1. The molecular formula is C11H17BrN2O. The average Bonchev–Trinajstić information content (AvgIpc) is 2.26. The molecule has 1 aromatic rings. The fraction of sp³-hybridized carbons (Fsp3) is 0.545. The van der Waals surface area contributed by atoms with Crippen LogP contribution in [0.4, 0.5) is 0 Å². The van der Waals surface area contributed by atoms with Crippen molar-refractivity contribution in [1.29, 1.82) is 0 Å². The third kappa shape index (κ3) is 4.28. The first-order chi connectivity index (χ1) is 7.13. The largest absolute Gasteiger partial charge is 0.396 e. The van der Waals surface area contributed by atoms with Crippen molar-refractivity contribution in [2.24, 2.45) is 5.92 Å². The summed E-state index contributed by atoms with van der Waals surface area (Å²) in [5, 5.41) is 12.3. The number of hydrogen-bond donors (Lipinski definition) is 2. The Morgan fingerprint density at radius 1 is 1.47 bits per heavy atom. The zero-order chi connectivity index (χ0) is 11.3. The molecule has 3 nitrogen and oxygen atoms in total. The lowest BCUT2D eigenvalue weighted by Gasteiger charge is -2.18. The predicted molar refractivity (Wildman–Crippen MR) is 64.5 cm³/mol. The van der Waals surface area contributed by atoms with E-state index in [0.717, 1.165) is 16.7 Å². The number of aliphatic hydroxyl groups excluding tert-OH is 1. The molecule has 0 aromatic carbocycles. The first kappa shape index (κ1) is 12.6. The van der Waals surface area contributed by atoms with Crippen LogP contribution < -0.4 is 5.32 Å². The van der Waals surface area contributed by atoms with E-state index in [1.807, 2.05) is 19.1 Å². The lowest BCUT2D eigenvalue weighted by molar-refractivity contribution is 0.207. The number of nitrogens with zero attached hydrogens (tertiary/aromatic N) is 1. The quantitative estimate of drug-likeness (QED) is 0.862. The number of rotatable bonds is 5. The molecule has 4 heteroatoms. The van der Waals surface area contributed by atoms with Gasteiger partial charge in [0.2, 0.25) is 0 Å². The van der Waals surface area contributed by atoms with Gasteiger partial charge in [-0.3, -0.25) is 4.98 Å². The van der Waals surface area contributed by atoms with Crippen LogP contribution in [0.3, 0.4) is 0 Å². The van der Waals surface area contributed by atoms with Gasteiger partial charge in [0.25, 0.3) is 0 Å². The molecule has 1 aromatic heterocycles. The van der Waals surface area contributed by atoms with Crippen LogP contribution in [0.5, 0.6) is 0 Å². The van der Waals surface area contributed by atoms with E-state index in [1.54, 1.807) is 6.20 Å². The average molecular weight is 273 g/mol. The van der Waals surface area contributed by atoms with Crippen molar-refractivity contribution in [3.63, 3.8) is 0 Å². The summed E-state index contributed by atoms with van der Waals surface area (Å²) >= 11 is 3.34. The molecule has 0 bridgehead atoms. The minimum absolute atomic E-state index is 0.210. The molecule has 0 fully saturated rings. The molecule has 0 amide bonds. The van der Waals surface area contributed by atoms with Crippen LogP contribution in [0.1, 0.15) is 19.5 Å². The highest BCUT2D eigenvalue weighted by Crippen LogP contribution is 2.08. The van der Waals surface area contributed by atoms with Gasteiger partial charge in [-0.15, -0.1) is 0 Å². The Hall–Kier alpha value is -0.450. The second kappa shape index (κ2) is 6.20. The summed E-state index contributed by atoms with van der Waals surface area (Å²) in [4.78, 5) is 4.26. The number of aliphatic hydroxyl groups is 1. The van der Waals surface area contributed by atoms with E-state index < -0.39 is 0 Å². The van der Waals surface area contributed by atoms with Gasteiger partial charge in [-0.05, 0) is 40.9 Å². The number of hydrogen-bond acceptors (Lipinski definition) is 3. The van der Waals surface area contributed by atoms with Crippen molar-refractivity contribution in [2.45, 2.75) is 26.4 Å². The molecule has 84 valence electrons. The monoisotopic (exact) mass is 272 g/mol. The van der Waals surface area contributed by atoms with Crippen molar-refractivity contribution in [1.82, 2.24) is 10.3 Å². The van der Waals surface area contributed by atoms with Gasteiger partial charge in [0.05, 0.1) is 5.69 Å². The molecule has 2 N–H and O–H groups in total. The van der Waals surface area contributed by atoms with Gasteiger partial charge in [0, 0.05) is 29.9 Å². The number of halogens is 1. The van der Waals surface area contributed by atoms with Crippen LogP contribution in [-0.2, 0) is 6.54 Å². The van der Waals surface area contributed by atoms with Gasteiger partial charge >= 0.3 is 0 Å². The molecule has 0 aliphatic carbocycles. The summed E-state index contributed by atoms with van der Waals surface area (Å²) in [6.45, 7) is 5.03. The Balaban J connectivity index is 2.40. The summed E-state index contributed by atoms with van der Waals surface area (Å²) in [7, 11) is 0. The highest BCUT2D eigenvalue weighted by atomic mass is 79.9. The lowest BCUT2D eigenvalue weighted by atomic mass is 10.1.